The van der Waals surface area contributed by atoms with E-state index in [-0.39, 0.29) is 11.5 Å². The zero-order valence-corrected chi connectivity index (χ0v) is 11.1. The molecule has 0 amide bonds. The van der Waals surface area contributed by atoms with Gasteiger partial charge in [-0.25, -0.2) is 8.78 Å². The number of hydrogen-bond acceptors (Lipinski definition) is 4. The standard InChI is InChI=1S/C14H11F2N5/c1-8-5-6-9(7-11(8)17)14-18-19-20-21(14)12-4-2-3-10(15)13(12)16/h2-7H,17H2,1H3. The molecular weight excluding hydrogens is 276 g/mol. The van der Waals surface area contributed by atoms with Crippen molar-refractivity contribution >= 4 is 5.69 Å². The lowest BCUT2D eigenvalue weighted by Gasteiger charge is -2.07. The molecule has 2 aromatic carbocycles. The van der Waals surface area contributed by atoms with E-state index in [1.807, 2.05) is 13.0 Å². The smallest absolute Gasteiger partial charge is 0.187 e. The predicted octanol–water partition coefficient (Wildman–Crippen LogP) is 2.50. The minimum Gasteiger partial charge on any atom is -0.398 e. The monoisotopic (exact) mass is 287 g/mol. The lowest BCUT2D eigenvalue weighted by atomic mass is 10.1. The molecule has 0 aliphatic heterocycles. The van der Waals surface area contributed by atoms with Crippen molar-refractivity contribution in [2.75, 3.05) is 5.73 Å². The summed E-state index contributed by atoms with van der Waals surface area (Å²) in [5.41, 5.74) is 7.90. The maximum atomic E-state index is 13.9. The van der Waals surface area contributed by atoms with Crippen molar-refractivity contribution in [2.45, 2.75) is 6.92 Å². The van der Waals surface area contributed by atoms with Gasteiger partial charge in [-0.05, 0) is 41.1 Å². The number of aromatic nitrogens is 4. The molecule has 0 saturated heterocycles. The number of tetrazole rings is 1. The van der Waals surface area contributed by atoms with E-state index in [9.17, 15) is 8.78 Å². The Morgan fingerprint density at radius 1 is 1.14 bits per heavy atom. The molecule has 1 aromatic heterocycles. The van der Waals surface area contributed by atoms with Crippen molar-refractivity contribution in [3.05, 3.63) is 53.6 Å². The van der Waals surface area contributed by atoms with Crippen LogP contribution < -0.4 is 5.73 Å². The average Bonchev–Trinajstić information content (AvgIpc) is 2.94. The summed E-state index contributed by atoms with van der Waals surface area (Å²) < 4.78 is 28.4. The molecule has 2 N–H and O–H groups in total. The zero-order chi connectivity index (χ0) is 15.0. The summed E-state index contributed by atoms with van der Waals surface area (Å²) in [4.78, 5) is 0. The highest BCUT2D eigenvalue weighted by molar-refractivity contribution is 5.64. The number of nitrogens with two attached hydrogens (primary N) is 1. The maximum Gasteiger partial charge on any atom is 0.187 e. The molecule has 106 valence electrons. The minimum atomic E-state index is -1.01. The predicted molar refractivity (Wildman–Crippen MR) is 73.7 cm³/mol. The number of hydrogen-bond donors (Lipinski definition) is 1. The summed E-state index contributed by atoms with van der Waals surface area (Å²) in [6.07, 6.45) is 0. The molecule has 0 unspecified atom stereocenters. The molecule has 21 heavy (non-hydrogen) atoms. The Labute approximate surface area is 119 Å². The number of nitrogens with zero attached hydrogens (tertiary/aromatic N) is 4. The SMILES string of the molecule is Cc1ccc(-c2nnnn2-c2cccc(F)c2F)cc1N. The normalized spacial score (nSPS) is 10.8. The molecule has 0 aliphatic carbocycles. The Balaban J connectivity index is 2.17. The third-order valence-corrected chi connectivity index (χ3v) is 3.17. The molecule has 0 aliphatic rings. The first-order valence-corrected chi connectivity index (χ1v) is 6.17. The van der Waals surface area contributed by atoms with Crippen LogP contribution in [0.25, 0.3) is 17.1 Å². The number of rotatable bonds is 2. The Hall–Kier alpha value is -2.83. The fraction of sp³-hybridized carbons (Fsp3) is 0.0714. The summed E-state index contributed by atoms with van der Waals surface area (Å²) in [5.74, 6) is -1.69. The second kappa shape index (κ2) is 4.93. The first-order valence-electron chi connectivity index (χ1n) is 6.17. The Kier molecular flexibility index (Phi) is 3.09. The molecule has 0 fully saturated rings. The van der Waals surface area contributed by atoms with Gasteiger partial charge in [0.15, 0.2) is 17.5 Å². The van der Waals surface area contributed by atoms with Crippen LogP contribution in [0.4, 0.5) is 14.5 Å². The number of benzene rings is 2. The van der Waals surface area contributed by atoms with Crippen molar-refractivity contribution in [1.29, 1.82) is 0 Å². The molecule has 1 heterocycles. The van der Waals surface area contributed by atoms with E-state index < -0.39 is 11.6 Å². The lowest BCUT2D eigenvalue weighted by Crippen LogP contribution is -2.04. The van der Waals surface area contributed by atoms with Gasteiger partial charge in [-0.3, -0.25) is 0 Å². The average molecular weight is 287 g/mol. The largest absolute Gasteiger partial charge is 0.398 e. The number of anilines is 1. The van der Waals surface area contributed by atoms with E-state index in [1.54, 1.807) is 12.1 Å². The number of nitrogen functional groups attached to an aromatic ring is 1. The van der Waals surface area contributed by atoms with Gasteiger partial charge in [-0.15, -0.1) is 5.10 Å². The second-order valence-corrected chi connectivity index (χ2v) is 4.56. The van der Waals surface area contributed by atoms with Gasteiger partial charge in [0.1, 0.15) is 5.69 Å². The van der Waals surface area contributed by atoms with Crippen LogP contribution in [0.15, 0.2) is 36.4 Å². The fourth-order valence-corrected chi connectivity index (χ4v) is 1.96. The van der Waals surface area contributed by atoms with Crippen LogP contribution in [0.2, 0.25) is 0 Å². The maximum absolute atomic E-state index is 13.9. The zero-order valence-electron chi connectivity index (χ0n) is 11.1. The highest BCUT2D eigenvalue weighted by Gasteiger charge is 2.16. The number of halogens is 2. The van der Waals surface area contributed by atoms with Crippen LogP contribution in [0, 0.1) is 18.6 Å². The van der Waals surface area contributed by atoms with E-state index in [2.05, 4.69) is 15.5 Å². The van der Waals surface area contributed by atoms with Gasteiger partial charge < -0.3 is 5.73 Å². The summed E-state index contributed by atoms with van der Waals surface area (Å²) in [6, 6.07) is 9.09. The summed E-state index contributed by atoms with van der Waals surface area (Å²) in [5, 5.41) is 11.1. The van der Waals surface area contributed by atoms with Gasteiger partial charge in [-0.1, -0.05) is 18.2 Å². The van der Waals surface area contributed by atoms with Crippen LogP contribution in [-0.4, -0.2) is 20.2 Å². The first kappa shape index (κ1) is 13.2. The van der Waals surface area contributed by atoms with Crippen LogP contribution in [0.3, 0.4) is 0 Å². The van der Waals surface area contributed by atoms with Gasteiger partial charge in [0, 0.05) is 11.3 Å². The summed E-state index contributed by atoms with van der Waals surface area (Å²) in [6.45, 7) is 1.87. The van der Waals surface area contributed by atoms with E-state index in [4.69, 9.17) is 5.73 Å². The van der Waals surface area contributed by atoms with E-state index >= 15 is 0 Å². The Bertz CT molecular complexity index is 813. The molecule has 0 saturated carbocycles. The highest BCUT2D eigenvalue weighted by atomic mass is 19.2. The van der Waals surface area contributed by atoms with E-state index in [0.29, 0.717) is 11.3 Å². The lowest BCUT2D eigenvalue weighted by molar-refractivity contribution is 0.501. The molecule has 3 rings (SSSR count). The van der Waals surface area contributed by atoms with Crippen molar-refractivity contribution < 1.29 is 8.78 Å². The molecule has 5 nitrogen and oxygen atoms in total. The number of aryl methyl sites for hydroxylation is 1. The van der Waals surface area contributed by atoms with Gasteiger partial charge >= 0.3 is 0 Å². The van der Waals surface area contributed by atoms with Crippen molar-refractivity contribution in [3.63, 3.8) is 0 Å². The molecular formula is C14H11F2N5. The summed E-state index contributed by atoms with van der Waals surface area (Å²) >= 11 is 0. The van der Waals surface area contributed by atoms with Crippen molar-refractivity contribution in [2.24, 2.45) is 0 Å². The molecule has 0 atom stereocenters. The first-order chi connectivity index (χ1) is 10.1. The molecule has 0 bridgehead atoms. The Morgan fingerprint density at radius 3 is 2.71 bits per heavy atom. The van der Waals surface area contributed by atoms with E-state index in [1.165, 1.54) is 12.1 Å². The van der Waals surface area contributed by atoms with Crippen molar-refractivity contribution in [1.82, 2.24) is 20.2 Å². The fourth-order valence-electron chi connectivity index (χ4n) is 1.96. The molecule has 0 spiro atoms. The minimum absolute atomic E-state index is 0.0610. The molecule has 0 radical (unpaired) electrons. The van der Waals surface area contributed by atoms with Gasteiger partial charge in [0.05, 0.1) is 0 Å². The van der Waals surface area contributed by atoms with Crippen LogP contribution in [0.5, 0.6) is 0 Å². The van der Waals surface area contributed by atoms with Gasteiger partial charge in [-0.2, -0.15) is 4.68 Å². The third-order valence-electron chi connectivity index (χ3n) is 3.17. The van der Waals surface area contributed by atoms with Crippen LogP contribution in [0.1, 0.15) is 5.56 Å². The van der Waals surface area contributed by atoms with E-state index in [0.717, 1.165) is 16.3 Å². The van der Waals surface area contributed by atoms with Gasteiger partial charge in [0.2, 0.25) is 0 Å². The van der Waals surface area contributed by atoms with Gasteiger partial charge in [0.25, 0.3) is 0 Å². The molecule has 3 aromatic rings. The van der Waals surface area contributed by atoms with Crippen LogP contribution >= 0.6 is 0 Å². The highest BCUT2D eigenvalue weighted by Crippen LogP contribution is 2.25. The Morgan fingerprint density at radius 2 is 1.95 bits per heavy atom. The quantitative estimate of drug-likeness (QED) is 0.735. The second-order valence-electron chi connectivity index (χ2n) is 4.56. The summed E-state index contributed by atoms with van der Waals surface area (Å²) in [7, 11) is 0. The van der Waals surface area contributed by atoms with Crippen LogP contribution in [-0.2, 0) is 0 Å². The van der Waals surface area contributed by atoms with Crippen molar-refractivity contribution in [3.8, 4) is 17.1 Å². The topological polar surface area (TPSA) is 69.6 Å². The molecule has 7 heteroatoms. The third kappa shape index (κ3) is 2.22.